The molecule has 0 bridgehead atoms. The topological polar surface area (TPSA) is 90.7 Å². The van der Waals surface area contributed by atoms with E-state index in [2.05, 4.69) is 4.98 Å². The summed E-state index contributed by atoms with van der Waals surface area (Å²) in [5.74, 6) is -1.63. The van der Waals surface area contributed by atoms with Crippen LogP contribution >= 0.6 is 0 Å². The van der Waals surface area contributed by atoms with Gasteiger partial charge >= 0.3 is 5.97 Å². The Labute approximate surface area is 156 Å². The number of rotatable bonds is 7. The minimum atomic E-state index is -1.17. The number of hydrogen-bond donors (Lipinski definition) is 2. The molecule has 1 aromatic heterocycles. The van der Waals surface area contributed by atoms with Gasteiger partial charge in [0.05, 0.1) is 17.8 Å². The molecule has 1 heterocycles. The number of pyridine rings is 1. The Hall–Kier alpha value is -3.51. The number of carbonyl (C=O) groups excluding carboxylic acids is 1. The Kier molecular flexibility index (Phi) is 5.58. The van der Waals surface area contributed by atoms with E-state index in [1.165, 1.54) is 12.1 Å². The zero-order valence-electron chi connectivity index (χ0n) is 14.4. The van der Waals surface area contributed by atoms with Crippen LogP contribution in [0.25, 0.3) is 0 Å². The Balaban J connectivity index is 1.87. The quantitative estimate of drug-likeness (QED) is 0.494. The van der Waals surface area contributed by atoms with Crippen LogP contribution in [-0.2, 0) is 6.42 Å². The van der Waals surface area contributed by atoms with Crippen molar-refractivity contribution in [3.8, 4) is 0 Å². The summed E-state index contributed by atoms with van der Waals surface area (Å²) in [6.07, 6.45) is 2.17. The highest BCUT2D eigenvalue weighted by Crippen LogP contribution is 2.24. The third-order valence-electron chi connectivity index (χ3n) is 4.13. The van der Waals surface area contributed by atoms with Crippen molar-refractivity contribution in [2.24, 2.45) is 0 Å². The highest BCUT2D eigenvalue weighted by atomic mass is 16.5. The van der Waals surface area contributed by atoms with Gasteiger partial charge in [0.25, 0.3) is 0 Å². The molecule has 0 aliphatic heterocycles. The molecule has 0 saturated heterocycles. The van der Waals surface area contributed by atoms with Crippen molar-refractivity contribution < 1.29 is 19.9 Å². The number of carboxylic acids is 1. The van der Waals surface area contributed by atoms with Gasteiger partial charge < -0.3 is 5.11 Å². The van der Waals surface area contributed by atoms with E-state index in [9.17, 15) is 19.9 Å². The summed E-state index contributed by atoms with van der Waals surface area (Å²) < 4.78 is 0. The van der Waals surface area contributed by atoms with Crippen LogP contribution < -0.4 is 5.06 Å². The van der Waals surface area contributed by atoms with Gasteiger partial charge in [-0.3, -0.25) is 20.0 Å². The van der Waals surface area contributed by atoms with Gasteiger partial charge in [0.2, 0.25) is 0 Å². The van der Waals surface area contributed by atoms with Crippen LogP contribution in [0.1, 0.15) is 32.0 Å². The molecule has 0 saturated carbocycles. The van der Waals surface area contributed by atoms with Crippen molar-refractivity contribution in [1.82, 2.24) is 4.98 Å². The largest absolute Gasteiger partial charge is 0.478 e. The van der Waals surface area contributed by atoms with E-state index < -0.39 is 11.8 Å². The Morgan fingerprint density at radius 2 is 1.48 bits per heavy atom. The van der Waals surface area contributed by atoms with Crippen molar-refractivity contribution in [2.75, 3.05) is 11.6 Å². The maximum Gasteiger partial charge on any atom is 0.336 e. The minimum Gasteiger partial charge on any atom is -0.478 e. The van der Waals surface area contributed by atoms with Crippen LogP contribution in [0.2, 0.25) is 0 Å². The van der Waals surface area contributed by atoms with E-state index in [0.717, 1.165) is 10.8 Å². The van der Waals surface area contributed by atoms with Gasteiger partial charge in [-0.05, 0) is 30.3 Å². The van der Waals surface area contributed by atoms with Gasteiger partial charge in [-0.15, -0.1) is 0 Å². The monoisotopic (exact) mass is 362 g/mol. The van der Waals surface area contributed by atoms with Crippen LogP contribution in [0.15, 0.2) is 72.9 Å². The maximum absolute atomic E-state index is 13.0. The molecule has 0 unspecified atom stereocenters. The van der Waals surface area contributed by atoms with Crippen LogP contribution in [0.4, 0.5) is 5.69 Å². The van der Waals surface area contributed by atoms with Gasteiger partial charge in [-0.25, -0.2) is 4.79 Å². The summed E-state index contributed by atoms with van der Waals surface area (Å²) in [7, 11) is 0. The predicted octanol–water partition coefficient (Wildman–Crippen LogP) is 3.45. The number of benzene rings is 2. The molecule has 2 N–H and O–H groups in total. The summed E-state index contributed by atoms with van der Waals surface area (Å²) in [6, 6.07) is 18.1. The fourth-order valence-corrected chi connectivity index (χ4v) is 2.79. The van der Waals surface area contributed by atoms with Gasteiger partial charge in [0.1, 0.15) is 0 Å². The SMILES string of the molecule is O=C(O)c1ccccc1C(=O)c1ccccc1N(O)CCc1ccccn1. The van der Waals surface area contributed by atoms with Gasteiger partial charge in [-0.2, -0.15) is 0 Å². The average Bonchev–Trinajstić information content (AvgIpc) is 2.72. The van der Waals surface area contributed by atoms with Crippen molar-refractivity contribution in [3.63, 3.8) is 0 Å². The molecule has 6 heteroatoms. The van der Waals surface area contributed by atoms with Crippen molar-refractivity contribution in [2.45, 2.75) is 6.42 Å². The first-order valence-corrected chi connectivity index (χ1v) is 8.40. The number of nitrogens with zero attached hydrogens (tertiary/aromatic N) is 2. The number of anilines is 1. The molecule has 27 heavy (non-hydrogen) atoms. The summed E-state index contributed by atoms with van der Waals surface area (Å²) in [5.41, 5.74) is 1.37. The second-order valence-corrected chi connectivity index (χ2v) is 5.89. The number of hydroxylamine groups is 1. The zero-order valence-corrected chi connectivity index (χ0v) is 14.4. The van der Waals surface area contributed by atoms with E-state index >= 15 is 0 Å². The minimum absolute atomic E-state index is 0.0738. The van der Waals surface area contributed by atoms with E-state index in [1.54, 1.807) is 42.6 Å². The Bertz CT molecular complexity index is 957. The number of aromatic nitrogens is 1. The van der Waals surface area contributed by atoms with Gasteiger partial charge in [-0.1, -0.05) is 36.4 Å². The van der Waals surface area contributed by atoms with E-state index in [1.807, 2.05) is 18.2 Å². The lowest BCUT2D eigenvalue weighted by Gasteiger charge is -2.20. The third kappa shape index (κ3) is 4.19. The molecule has 0 atom stereocenters. The predicted molar refractivity (Wildman–Crippen MR) is 100 cm³/mol. The molecule has 6 nitrogen and oxygen atoms in total. The number of carboxylic acid groups (broad SMARTS) is 1. The lowest BCUT2D eigenvalue weighted by molar-refractivity contribution is 0.0693. The lowest BCUT2D eigenvalue weighted by Crippen LogP contribution is -2.24. The summed E-state index contributed by atoms with van der Waals surface area (Å²) >= 11 is 0. The summed E-state index contributed by atoms with van der Waals surface area (Å²) in [4.78, 5) is 28.6. The Morgan fingerprint density at radius 1 is 0.852 bits per heavy atom. The normalized spacial score (nSPS) is 10.4. The summed E-state index contributed by atoms with van der Waals surface area (Å²) in [5, 5.41) is 20.8. The summed E-state index contributed by atoms with van der Waals surface area (Å²) in [6.45, 7) is 0.238. The van der Waals surface area contributed by atoms with Gasteiger partial charge in [0.15, 0.2) is 5.78 Å². The molecule has 0 aliphatic carbocycles. The average molecular weight is 362 g/mol. The number of aromatic carboxylic acids is 1. The molecule has 0 amide bonds. The molecule has 3 rings (SSSR count). The zero-order chi connectivity index (χ0) is 19.2. The van der Waals surface area contributed by atoms with Crippen LogP contribution in [0, 0.1) is 0 Å². The highest BCUT2D eigenvalue weighted by molar-refractivity contribution is 6.16. The first-order chi connectivity index (χ1) is 13.1. The molecule has 2 aromatic carbocycles. The molecule has 0 radical (unpaired) electrons. The molecule has 136 valence electrons. The maximum atomic E-state index is 13.0. The van der Waals surface area contributed by atoms with Crippen LogP contribution in [0.5, 0.6) is 0 Å². The molecule has 0 spiro atoms. The van der Waals surface area contributed by atoms with E-state index in [0.29, 0.717) is 12.1 Å². The van der Waals surface area contributed by atoms with Crippen molar-refractivity contribution >= 4 is 17.4 Å². The second-order valence-electron chi connectivity index (χ2n) is 5.89. The first-order valence-electron chi connectivity index (χ1n) is 8.40. The first kappa shape index (κ1) is 18.3. The molecule has 3 aromatic rings. The van der Waals surface area contributed by atoms with Crippen LogP contribution in [-0.4, -0.2) is 33.6 Å². The Morgan fingerprint density at radius 3 is 2.15 bits per heavy atom. The number of carbonyl (C=O) groups is 2. The number of ketones is 1. The number of para-hydroxylation sites is 1. The molecular weight excluding hydrogens is 344 g/mol. The fourth-order valence-electron chi connectivity index (χ4n) is 2.79. The standard InChI is InChI=1S/C21H18N2O4/c24-20(16-8-1-2-9-17(16)21(25)26)18-10-3-4-11-19(18)23(27)14-12-15-7-5-6-13-22-15/h1-11,13,27H,12,14H2,(H,25,26). The van der Waals surface area contributed by atoms with Gasteiger partial charge in [0, 0.05) is 29.4 Å². The lowest BCUT2D eigenvalue weighted by atomic mass is 9.97. The van der Waals surface area contributed by atoms with E-state index in [4.69, 9.17) is 0 Å². The molecule has 0 aliphatic rings. The van der Waals surface area contributed by atoms with E-state index in [-0.39, 0.29) is 23.2 Å². The van der Waals surface area contributed by atoms with Crippen LogP contribution in [0.3, 0.4) is 0 Å². The highest BCUT2D eigenvalue weighted by Gasteiger charge is 2.21. The van der Waals surface area contributed by atoms with Crippen molar-refractivity contribution in [1.29, 1.82) is 0 Å². The molecular formula is C21H18N2O4. The smallest absolute Gasteiger partial charge is 0.336 e. The second kappa shape index (κ2) is 8.25. The van der Waals surface area contributed by atoms with Crippen molar-refractivity contribution in [3.05, 3.63) is 95.3 Å². The third-order valence-corrected chi connectivity index (χ3v) is 4.13. The molecule has 0 fully saturated rings. The fraction of sp³-hybridized carbons (Fsp3) is 0.0952. The number of hydrogen-bond acceptors (Lipinski definition) is 5.